The van der Waals surface area contributed by atoms with Crippen LogP contribution in [0, 0.1) is 5.92 Å². The number of rotatable bonds is 0. The van der Waals surface area contributed by atoms with Gasteiger partial charge in [-0.05, 0) is 18.4 Å². The molecule has 0 aliphatic heterocycles. The van der Waals surface area contributed by atoms with Crippen molar-refractivity contribution < 1.29 is 0 Å². The van der Waals surface area contributed by atoms with Gasteiger partial charge >= 0.3 is 0 Å². The molecule has 0 N–H and O–H groups in total. The monoisotopic (exact) mass is 138 g/mol. The Morgan fingerprint density at radius 3 is 2.78 bits per heavy atom. The van der Waals surface area contributed by atoms with Gasteiger partial charge in [0.05, 0.1) is 0 Å². The lowest BCUT2D eigenvalue weighted by Crippen LogP contribution is -2.07. The van der Waals surface area contributed by atoms with Gasteiger partial charge in [0.2, 0.25) is 0 Å². The lowest BCUT2D eigenvalue weighted by Gasteiger charge is -2.14. The van der Waals surface area contributed by atoms with E-state index in [1.54, 1.807) is 0 Å². The summed E-state index contributed by atoms with van der Waals surface area (Å²) in [7, 11) is 0. The van der Waals surface area contributed by atoms with E-state index in [0.717, 1.165) is 11.3 Å². The minimum absolute atomic E-state index is 0.558. The van der Waals surface area contributed by atoms with Crippen molar-refractivity contribution in [2.45, 2.75) is 13.3 Å². The van der Waals surface area contributed by atoms with E-state index in [0.29, 0.717) is 5.92 Å². The smallest absolute Gasteiger partial charge is 0.0158 e. The van der Waals surface area contributed by atoms with E-state index in [1.807, 2.05) is 12.2 Å². The third-order valence-electron chi connectivity index (χ3n) is 1.62. The van der Waals surface area contributed by atoms with Gasteiger partial charge in [-0.25, -0.2) is 0 Å². The summed E-state index contributed by atoms with van der Waals surface area (Å²) in [5.74, 6) is 0.558. The van der Waals surface area contributed by atoms with E-state index in [4.69, 9.17) is 12.2 Å². The average molecular weight is 138 g/mol. The maximum atomic E-state index is 5.01. The molecule has 1 atom stereocenters. The van der Waals surface area contributed by atoms with Crippen LogP contribution >= 0.6 is 12.2 Å². The summed E-state index contributed by atoms with van der Waals surface area (Å²) in [6.07, 6.45) is 4.98. The maximum Gasteiger partial charge on any atom is 0.0158 e. The van der Waals surface area contributed by atoms with Crippen LogP contribution in [0.3, 0.4) is 0 Å². The summed E-state index contributed by atoms with van der Waals surface area (Å²) in [5, 5.41) is 0. The van der Waals surface area contributed by atoms with Crippen molar-refractivity contribution in [3.8, 4) is 0 Å². The molecule has 0 nitrogen and oxygen atoms in total. The van der Waals surface area contributed by atoms with Crippen LogP contribution in [0.15, 0.2) is 24.3 Å². The highest BCUT2D eigenvalue weighted by molar-refractivity contribution is 7.80. The molecule has 9 heavy (non-hydrogen) atoms. The summed E-state index contributed by atoms with van der Waals surface area (Å²) in [6.45, 7) is 6.03. The summed E-state index contributed by atoms with van der Waals surface area (Å²) in [5.41, 5.74) is 1.20. The molecule has 0 amide bonds. The highest BCUT2D eigenvalue weighted by Crippen LogP contribution is 2.19. The fraction of sp³-hybridized carbons (Fsp3) is 0.375. The van der Waals surface area contributed by atoms with E-state index in [-0.39, 0.29) is 0 Å². The molecule has 1 heteroatoms. The molecule has 0 saturated heterocycles. The Hall–Kier alpha value is -0.430. The van der Waals surface area contributed by atoms with Crippen molar-refractivity contribution in [3.05, 3.63) is 24.3 Å². The summed E-state index contributed by atoms with van der Waals surface area (Å²) in [6, 6.07) is 0. The zero-order chi connectivity index (χ0) is 6.85. The summed E-state index contributed by atoms with van der Waals surface area (Å²) in [4.78, 5) is 1.05. The molecule has 0 aromatic rings. The van der Waals surface area contributed by atoms with Gasteiger partial charge in [0, 0.05) is 4.86 Å². The Kier molecular flexibility index (Phi) is 1.81. The number of allylic oxidation sites excluding steroid dienone is 3. The molecular formula is C8H10S. The van der Waals surface area contributed by atoms with Crippen molar-refractivity contribution >= 4 is 17.1 Å². The van der Waals surface area contributed by atoms with E-state index in [1.165, 1.54) is 5.57 Å². The first-order chi connectivity index (χ1) is 4.20. The number of hydrogen-bond donors (Lipinski definition) is 0. The van der Waals surface area contributed by atoms with Crippen molar-refractivity contribution in [3.63, 3.8) is 0 Å². The number of hydrogen-bond acceptors (Lipinski definition) is 1. The molecule has 0 spiro atoms. The van der Waals surface area contributed by atoms with Crippen LogP contribution in [-0.2, 0) is 0 Å². The summed E-state index contributed by atoms with van der Waals surface area (Å²) < 4.78 is 0. The molecule has 0 aromatic carbocycles. The largest absolute Gasteiger partial charge is 0.0955 e. The second-order valence-electron chi connectivity index (χ2n) is 2.48. The third kappa shape index (κ3) is 1.49. The second-order valence-corrected chi connectivity index (χ2v) is 3.00. The van der Waals surface area contributed by atoms with E-state index in [2.05, 4.69) is 13.5 Å². The minimum Gasteiger partial charge on any atom is -0.0955 e. The van der Waals surface area contributed by atoms with Gasteiger partial charge < -0.3 is 0 Å². The fourth-order valence-corrected chi connectivity index (χ4v) is 1.18. The zero-order valence-electron chi connectivity index (χ0n) is 5.55. The Labute approximate surface area is 61.3 Å². The van der Waals surface area contributed by atoms with Gasteiger partial charge in [-0.1, -0.05) is 37.4 Å². The molecule has 1 aliphatic rings. The van der Waals surface area contributed by atoms with Gasteiger partial charge in [-0.2, -0.15) is 0 Å². The Balaban J connectivity index is 2.76. The lowest BCUT2D eigenvalue weighted by atomic mass is 9.92. The van der Waals surface area contributed by atoms with Gasteiger partial charge in [-0.15, -0.1) is 0 Å². The maximum absolute atomic E-state index is 5.01. The molecule has 48 valence electrons. The fourth-order valence-electron chi connectivity index (χ4n) is 0.865. The molecule has 0 bridgehead atoms. The minimum atomic E-state index is 0.558. The average Bonchev–Trinajstić information content (AvgIpc) is 1.80. The highest BCUT2D eigenvalue weighted by atomic mass is 32.1. The Bertz CT molecular complexity index is 177. The van der Waals surface area contributed by atoms with E-state index < -0.39 is 0 Å². The zero-order valence-corrected chi connectivity index (χ0v) is 6.37. The Morgan fingerprint density at radius 2 is 2.33 bits per heavy atom. The molecule has 0 radical (unpaired) electrons. The Morgan fingerprint density at radius 1 is 1.67 bits per heavy atom. The van der Waals surface area contributed by atoms with Crippen LogP contribution in [0.1, 0.15) is 13.3 Å². The predicted octanol–water partition coefficient (Wildman–Crippen LogP) is 2.51. The van der Waals surface area contributed by atoms with Gasteiger partial charge in [0.1, 0.15) is 0 Å². The predicted molar refractivity (Wildman–Crippen MR) is 44.7 cm³/mol. The van der Waals surface area contributed by atoms with Crippen LogP contribution in [0.2, 0.25) is 0 Å². The SMILES string of the molecule is C=C1C=CC(=S)CC1C. The molecule has 0 fully saturated rings. The standard InChI is InChI=1S/C8H10S/c1-6-3-4-8(9)5-7(6)2/h3-4,7H,1,5H2,2H3. The van der Waals surface area contributed by atoms with Crippen molar-refractivity contribution in [1.82, 2.24) is 0 Å². The molecule has 0 heterocycles. The van der Waals surface area contributed by atoms with Crippen molar-refractivity contribution in [2.24, 2.45) is 5.92 Å². The lowest BCUT2D eigenvalue weighted by molar-refractivity contribution is 0.736. The quantitative estimate of drug-likeness (QED) is 0.463. The molecule has 1 aliphatic carbocycles. The first-order valence-corrected chi connectivity index (χ1v) is 3.50. The van der Waals surface area contributed by atoms with Crippen LogP contribution in [0.4, 0.5) is 0 Å². The van der Waals surface area contributed by atoms with Crippen LogP contribution in [-0.4, -0.2) is 4.86 Å². The van der Waals surface area contributed by atoms with Crippen molar-refractivity contribution in [1.29, 1.82) is 0 Å². The first kappa shape index (κ1) is 6.69. The molecule has 1 unspecified atom stereocenters. The molecule has 0 aromatic heterocycles. The second kappa shape index (κ2) is 2.44. The normalized spacial score (nSPS) is 27.0. The summed E-state index contributed by atoms with van der Waals surface area (Å²) >= 11 is 5.01. The molecular weight excluding hydrogens is 128 g/mol. The number of thiocarbonyl (C=S) groups is 1. The highest BCUT2D eigenvalue weighted by Gasteiger charge is 2.09. The molecule has 1 rings (SSSR count). The molecule has 0 saturated carbocycles. The van der Waals surface area contributed by atoms with Crippen molar-refractivity contribution in [2.75, 3.05) is 0 Å². The topological polar surface area (TPSA) is 0 Å². The van der Waals surface area contributed by atoms with Gasteiger partial charge in [0.15, 0.2) is 0 Å². The third-order valence-corrected chi connectivity index (χ3v) is 1.93. The first-order valence-electron chi connectivity index (χ1n) is 3.10. The van der Waals surface area contributed by atoms with Gasteiger partial charge in [0.25, 0.3) is 0 Å². The van der Waals surface area contributed by atoms with E-state index in [9.17, 15) is 0 Å². The van der Waals surface area contributed by atoms with Crippen LogP contribution < -0.4 is 0 Å². The van der Waals surface area contributed by atoms with Gasteiger partial charge in [-0.3, -0.25) is 0 Å². The van der Waals surface area contributed by atoms with Crippen LogP contribution in [0.5, 0.6) is 0 Å². The van der Waals surface area contributed by atoms with Crippen LogP contribution in [0.25, 0.3) is 0 Å². The van der Waals surface area contributed by atoms with E-state index >= 15 is 0 Å².